The minimum Gasteiger partial charge on any atom is -0.394 e. The van der Waals surface area contributed by atoms with Crippen LogP contribution in [0.15, 0.2) is 30.3 Å². The number of thioether (sulfide) groups is 1. The van der Waals surface area contributed by atoms with Crippen LogP contribution in [-0.2, 0) is 59.2 Å². The number of nitrogens with two attached hydrogens (primary N) is 2. The van der Waals surface area contributed by atoms with Crippen molar-refractivity contribution in [2.45, 2.75) is 180 Å². The molecule has 77 heavy (non-hydrogen) atoms. The number of amides is 11. The zero-order valence-corrected chi connectivity index (χ0v) is 46.4. The molecule has 2 aliphatic rings. The van der Waals surface area contributed by atoms with E-state index >= 15 is 0 Å². The fourth-order valence-electron chi connectivity index (χ4n) is 8.73. The molecule has 24 nitrogen and oxygen atoms in total. The summed E-state index contributed by atoms with van der Waals surface area (Å²) in [5.41, 5.74) is 12.1. The number of hydrogen-bond donors (Lipinski definition) is 12. The number of primary amides is 1. The molecule has 0 unspecified atom stereocenters. The molecule has 25 heteroatoms. The molecule has 1 aromatic carbocycles. The molecule has 2 aliphatic heterocycles. The predicted octanol–water partition coefficient (Wildman–Crippen LogP) is -1.74. The molecule has 0 spiro atoms. The van der Waals surface area contributed by atoms with Crippen molar-refractivity contribution in [1.82, 2.24) is 52.8 Å². The van der Waals surface area contributed by atoms with E-state index in [1.807, 2.05) is 34.6 Å². The lowest BCUT2D eigenvalue weighted by atomic mass is 9.99. The van der Waals surface area contributed by atoms with Gasteiger partial charge in [-0.2, -0.15) is 0 Å². The zero-order valence-electron chi connectivity index (χ0n) is 45.6. The number of aliphatic hydroxyl groups is 1. The highest BCUT2D eigenvalue weighted by atomic mass is 32.2. The highest BCUT2D eigenvalue weighted by Crippen LogP contribution is 2.21. The van der Waals surface area contributed by atoms with Crippen LogP contribution < -0.4 is 59.3 Å². The van der Waals surface area contributed by atoms with Crippen molar-refractivity contribution in [2.75, 3.05) is 31.2 Å². The molecule has 14 N–H and O–H groups in total. The quantitative estimate of drug-likeness (QED) is 0.0869. The van der Waals surface area contributed by atoms with Gasteiger partial charge in [-0.15, -0.1) is 11.8 Å². The number of unbranched alkanes of at least 4 members (excludes halogenated alkanes) is 2. The summed E-state index contributed by atoms with van der Waals surface area (Å²) in [4.78, 5) is 153. The van der Waals surface area contributed by atoms with Crippen molar-refractivity contribution in [3.05, 3.63) is 35.9 Å². The highest BCUT2D eigenvalue weighted by Gasteiger charge is 2.40. The third-order valence-electron chi connectivity index (χ3n) is 13.0. The van der Waals surface area contributed by atoms with Gasteiger partial charge in [0.05, 0.1) is 12.4 Å². The summed E-state index contributed by atoms with van der Waals surface area (Å²) in [6.07, 6.45) is 3.22. The Bertz CT molecular complexity index is 2190. The van der Waals surface area contributed by atoms with Crippen molar-refractivity contribution in [3.63, 3.8) is 0 Å². The van der Waals surface area contributed by atoms with Crippen LogP contribution in [0, 0.1) is 11.8 Å². The van der Waals surface area contributed by atoms with Crippen LogP contribution in [0.5, 0.6) is 0 Å². The fourth-order valence-corrected chi connectivity index (χ4v) is 9.60. The van der Waals surface area contributed by atoms with E-state index in [-0.39, 0.29) is 68.4 Å². The molecule has 1 aromatic rings. The average molecular weight is 1100 g/mol. The van der Waals surface area contributed by atoms with Gasteiger partial charge < -0.3 is 69.3 Å². The van der Waals surface area contributed by atoms with Gasteiger partial charge in [-0.1, -0.05) is 77.8 Å². The van der Waals surface area contributed by atoms with E-state index in [0.29, 0.717) is 44.2 Å². The number of carbonyl (C=O) groups excluding carboxylic acids is 11. The number of hydrogen-bond acceptors (Lipinski definition) is 14. The van der Waals surface area contributed by atoms with Gasteiger partial charge in [0, 0.05) is 18.7 Å². The molecule has 2 saturated heterocycles. The van der Waals surface area contributed by atoms with Crippen molar-refractivity contribution in [2.24, 2.45) is 23.3 Å². The van der Waals surface area contributed by atoms with Gasteiger partial charge in [-0.05, 0) is 89.2 Å². The molecule has 0 bridgehead atoms. The smallest absolute Gasteiger partial charge is 0.245 e. The summed E-state index contributed by atoms with van der Waals surface area (Å²) in [6.45, 7) is 11.5. The molecule has 0 aromatic heterocycles. The molecule has 10 atom stereocenters. The van der Waals surface area contributed by atoms with Gasteiger partial charge in [0.1, 0.15) is 60.4 Å². The third-order valence-corrected chi connectivity index (χ3v) is 14.0. The van der Waals surface area contributed by atoms with Crippen LogP contribution in [0.1, 0.15) is 118 Å². The van der Waals surface area contributed by atoms with Crippen molar-refractivity contribution >= 4 is 76.7 Å². The van der Waals surface area contributed by atoms with E-state index < -0.39 is 132 Å². The van der Waals surface area contributed by atoms with Crippen LogP contribution in [0.2, 0.25) is 0 Å². The Kier molecular flexibility index (Phi) is 27.9. The number of aliphatic hydroxyl groups excluding tert-OH is 1. The second kappa shape index (κ2) is 33.1. The lowest BCUT2D eigenvalue weighted by Gasteiger charge is -2.31. The van der Waals surface area contributed by atoms with Crippen LogP contribution in [-0.4, -0.2) is 167 Å². The fraction of sp³-hybridized carbons (Fsp3) is 0.673. The van der Waals surface area contributed by atoms with Crippen LogP contribution in [0.4, 0.5) is 0 Å². The van der Waals surface area contributed by atoms with Gasteiger partial charge in [-0.3, -0.25) is 52.7 Å². The van der Waals surface area contributed by atoms with Crippen LogP contribution in [0.25, 0.3) is 0 Å². The molecule has 0 aliphatic carbocycles. The number of fused-ring (bicyclic) bond motifs is 1. The minimum absolute atomic E-state index is 0.111. The van der Waals surface area contributed by atoms with E-state index in [2.05, 4.69) is 47.9 Å². The number of nitrogens with zero attached hydrogens (tertiary/aromatic N) is 1. The first-order valence-corrected chi connectivity index (χ1v) is 27.9. The Hall–Kier alpha value is -6.34. The minimum atomic E-state index is -1.63. The zero-order chi connectivity index (χ0) is 57.4. The monoisotopic (exact) mass is 1100 g/mol. The first-order chi connectivity index (χ1) is 36.5. The van der Waals surface area contributed by atoms with Gasteiger partial charge >= 0.3 is 0 Å². The number of benzene rings is 1. The maximum Gasteiger partial charge on any atom is 0.245 e. The lowest BCUT2D eigenvalue weighted by Crippen LogP contribution is -2.60. The summed E-state index contributed by atoms with van der Waals surface area (Å²) >= 11 is 0.905. The Morgan fingerprint density at radius 1 is 0.636 bits per heavy atom. The van der Waals surface area contributed by atoms with Gasteiger partial charge in [-0.25, -0.2) is 0 Å². The maximum absolute atomic E-state index is 14.4. The molecule has 430 valence electrons. The van der Waals surface area contributed by atoms with E-state index in [1.165, 1.54) is 18.7 Å². The standard InChI is InChI=1S/C52H84N12O12S/c1-8-9-18-35-52(76)64-22-15-20-41(64)51(75)56-32(7)45(69)62-39(26-65)50(74)61-38(25-33-16-11-10-12-17-33)49(73)63-40(43(54)67)27-77-28-42(66)55-31(6)44(68)59-36(23-29(2)3)48(72)60-37(24-30(4)5)47(71)57-34(46(70)58-35)19-13-14-21-53/h10-12,16-17,29-32,34-41,65H,8-9,13-15,18-28,53H2,1-7H3,(H2,54,67)(H,55,66)(H,56,75)(H,57,71)(H,58,70)(H,59,68)(H,60,72)(H,61,74)(H,62,69)(H,63,73)/t31-,32-,34-,35-,36-,37-,38-,39-,40-,41-/m0/s1. The Morgan fingerprint density at radius 3 is 1.71 bits per heavy atom. The molecule has 2 fully saturated rings. The number of carbonyl (C=O) groups is 11. The summed E-state index contributed by atoms with van der Waals surface area (Å²) < 4.78 is 0. The summed E-state index contributed by atoms with van der Waals surface area (Å²) in [5, 5.41) is 34.0. The predicted molar refractivity (Wildman–Crippen MR) is 289 cm³/mol. The Balaban J connectivity index is 2.05. The second-order valence-electron chi connectivity index (χ2n) is 20.6. The maximum atomic E-state index is 14.4. The van der Waals surface area contributed by atoms with E-state index in [9.17, 15) is 57.8 Å². The summed E-state index contributed by atoms with van der Waals surface area (Å²) in [7, 11) is 0. The Labute approximate surface area is 455 Å². The second-order valence-corrected chi connectivity index (χ2v) is 21.6. The van der Waals surface area contributed by atoms with Crippen molar-refractivity contribution in [3.8, 4) is 0 Å². The van der Waals surface area contributed by atoms with Crippen molar-refractivity contribution < 1.29 is 57.8 Å². The number of rotatable bonds is 15. The largest absolute Gasteiger partial charge is 0.394 e. The summed E-state index contributed by atoms with van der Waals surface area (Å²) in [5.74, 6) is -9.13. The van der Waals surface area contributed by atoms with Gasteiger partial charge in [0.2, 0.25) is 65.0 Å². The van der Waals surface area contributed by atoms with Crippen molar-refractivity contribution in [1.29, 1.82) is 0 Å². The molecule has 3 rings (SSSR count). The highest BCUT2D eigenvalue weighted by molar-refractivity contribution is 8.00. The topological polar surface area (TPSA) is 372 Å². The first kappa shape index (κ1) is 64.9. The molecule has 0 radical (unpaired) electrons. The summed E-state index contributed by atoms with van der Waals surface area (Å²) in [6, 6.07) is -4.04. The lowest BCUT2D eigenvalue weighted by molar-refractivity contribution is -0.142. The van der Waals surface area contributed by atoms with Crippen LogP contribution in [0.3, 0.4) is 0 Å². The molecule has 0 saturated carbocycles. The SMILES string of the molecule is CCCC[C@@H]1NC(=O)[C@H](CCCCN)NC(=O)[C@H](CC(C)C)NC(=O)[C@H](CC(C)C)NC(=O)[C@H](C)NC(=O)CSC[C@@H](C(N)=O)NC(=O)[C@H](Cc2ccccc2)NC(=O)[C@H](CO)NC(=O)[C@H](C)NC(=O)[C@@H]2CCCN2C1=O. The van der Waals surface area contributed by atoms with E-state index in [4.69, 9.17) is 11.5 Å². The van der Waals surface area contributed by atoms with Gasteiger partial charge in [0.15, 0.2) is 0 Å². The Morgan fingerprint density at radius 2 is 1.14 bits per heavy atom. The van der Waals surface area contributed by atoms with Crippen LogP contribution >= 0.6 is 11.8 Å². The average Bonchev–Trinajstić information content (AvgIpc) is 3.87. The molecule has 11 amide bonds. The molecular weight excluding hydrogens is 1020 g/mol. The van der Waals surface area contributed by atoms with E-state index in [1.54, 1.807) is 30.3 Å². The number of nitrogens with one attached hydrogen (secondary N) is 9. The molecular formula is C52H84N12O12S. The van der Waals surface area contributed by atoms with E-state index in [0.717, 1.165) is 11.8 Å². The van der Waals surface area contributed by atoms with Gasteiger partial charge in [0.25, 0.3) is 0 Å². The normalized spacial score (nSPS) is 27.0. The molecule has 2 heterocycles. The first-order valence-electron chi connectivity index (χ1n) is 26.7. The third kappa shape index (κ3) is 21.9.